The largest absolute Gasteiger partial charge is 0.356 e. The summed E-state index contributed by atoms with van der Waals surface area (Å²) in [5.41, 5.74) is 5.19. The molecule has 0 radical (unpaired) electrons. The van der Waals surface area contributed by atoms with E-state index in [0.717, 1.165) is 74.6 Å². The Bertz CT molecular complexity index is 1070. The highest BCUT2D eigenvalue weighted by Gasteiger charge is 2.44. The van der Waals surface area contributed by atoms with Gasteiger partial charge in [0.25, 0.3) is 0 Å². The van der Waals surface area contributed by atoms with E-state index in [9.17, 15) is 4.39 Å². The number of fused-ring (bicyclic) bond motifs is 3. The molecule has 2 aromatic rings. The molecule has 0 spiro atoms. The topological polar surface area (TPSA) is 72.2 Å². The first-order valence-corrected chi connectivity index (χ1v) is 11.4. The van der Waals surface area contributed by atoms with Crippen molar-refractivity contribution in [3.05, 3.63) is 48.2 Å². The molecule has 4 heterocycles. The molecule has 2 unspecified atom stereocenters. The number of guanidine groups is 2. The van der Waals surface area contributed by atoms with Gasteiger partial charge >= 0.3 is 0 Å². The molecule has 2 saturated heterocycles. The minimum absolute atomic E-state index is 0.231. The highest BCUT2D eigenvalue weighted by molar-refractivity contribution is 6.21. The molecule has 9 heteroatoms. The first-order valence-electron chi connectivity index (χ1n) is 11.4. The summed E-state index contributed by atoms with van der Waals surface area (Å²) in [5, 5.41) is 2.04. The summed E-state index contributed by atoms with van der Waals surface area (Å²) in [6.45, 7) is 5.53. The number of benzene rings is 1. The van der Waals surface area contributed by atoms with Crippen LogP contribution in [0, 0.1) is 24.6 Å². The average Bonchev–Trinajstić information content (AvgIpc) is 3.26. The van der Waals surface area contributed by atoms with Crippen LogP contribution in [0.25, 0.3) is 0 Å². The van der Waals surface area contributed by atoms with E-state index in [-0.39, 0.29) is 11.9 Å². The number of halogens is 1. The van der Waals surface area contributed by atoms with Crippen LogP contribution in [0.2, 0.25) is 0 Å². The molecule has 4 aliphatic rings. The van der Waals surface area contributed by atoms with E-state index in [1.165, 1.54) is 6.07 Å². The predicted octanol–water partition coefficient (Wildman–Crippen LogP) is 2.58. The maximum absolute atomic E-state index is 14.0. The molecule has 1 aromatic heterocycles. The van der Waals surface area contributed by atoms with Gasteiger partial charge in [-0.1, -0.05) is 6.07 Å². The maximum Gasteiger partial charge on any atom is 0.227 e. The molecule has 2 atom stereocenters. The van der Waals surface area contributed by atoms with E-state index in [1.807, 2.05) is 22.9 Å². The van der Waals surface area contributed by atoms with Gasteiger partial charge in [0.15, 0.2) is 0 Å². The van der Waals surface area contributed by atoms with Crippen LogP contribution in [0.4, 0.5) is 15.9 Å². The normalized spacial score (nSPS) is 28.1. The summed E-state index contributed by atoms with van der Waals surface area (Å²) in [6, 6.07) is 8.96. The van der Waals surface area contributed by atoms with Crippen molar-refractivity contribution in [1.82, 2.24) is 20.4 Å². The number of aromatic nitrogens is 2. The zero-order chi connectivity index (χ0) is 21.7. The number of hydrogen-bond donors (Lipinski definition) is 1. The quantitative estimate of drug-likeness (QED) is 0.801. The van der Waals surface area contributed by atoms with Crippen molar-refractivity contribution in [2.45, 2.75) is 32.2 Å². The minimum atomic E-state index is -0.259. The van der Waals surface area contributed by atoms with E-state index in [0.29, 0.717) is 11.8 Å². The Morgan fingerprint density at radius 2 is 1.97 bits per heavy atom. The summed E-state index contributed by atoms with van der Waals surface area (Å²) in [5.74, 6) is 3.24. The van der Waals surface area contributed by atoms with E-state index in [1.54, 1.807) is 18.5 Å². The van der Waals surface area contributed by atoms with Crippen LogP contribution in [-0.2, 0) is 0 Å². The second kappa shape index (κ2) is 7.72. The zero-order valence-electron chi connectivity index (χ0n) is 18.2. The number of anilines is 2. The SMILES string of the molecule is Cc1cc(N2CC3CCC(C2)C3N=C2NN3CCCN=C3N2c2cccc(F)c2)ncn1. The number of rotatable bonds is 3. The number of piperidine rings is 1. The predicted molar refractivity (Wildman–Crippen MR) is 122 cm³/mol. The Labute approximate surface area is 186 Å². The van der Waals surface area contributed by atoms with Gasteiger partial charge in [-0.2, -0.15) is 0 Å². The third-order valence-electron chi connectivity index (χ3n) is 6.92. The fraction of sp³-hybridized carbons (Fsp3) is 0.478. The fourth-order valence-electron chi connectivity index (χ4n) is 5.44. The van der Waals surface area contributed by atoms with Gasteiger partial charge in [-0.15, -0.1) is 0 Å². The Hall–Kier alpha value is -3.23. The van der Waals surface area contributed by atoms with Crippen LogP contribution in [0.15, 0.2) is 46.6 Å². The molecule has 0 amide bonds. The molecule has 3 fully saturated rings. The molecule has 8 nitrogen and oxygen atoms in total. The molecule has 1 saturated carbocycles. The molecule has 1 aliphatic carbocycles. The molecular formula is C23H27FN8. The molecule has 1 N–H and O–H groups in total. The summed E-state index contributed by atoms with van der Waals surface area (Å²) < 4.78 is 14.0. The van der Waals surface area contributed by atoms with Gasteiger partial charge < -0.3 is 4.90 Å². The number of aliphatic imine (C=N–C) groups is 2. The zero-order valence-corrected chi connectivity index (χ0v) is 18.2. The van der Waals surface area contributed by atoms with Crippen molar-refractivity contribution >= 4 is 23.4 Å². The third kappa shape index (κ3) is 3.36. The van der Waals surface area contributed by atoms with Crippen molar-refractivity contribution in [3.63, 3.8) is 0 Å². The Kier molecular flexibility index (Phi) is 4.69. The van der Waals surface area contributed by atoms with Gasteiger partial charge in [-0.05, 0) is 56.2 Å². The number of nitrogens with zero attached hydrogens (tertiary/aromatic N) is 7. The van der Waals surface area contributed by atoms with Crippen LogP contribution in [0.1, 0.15) is 25.0 Å². The van der Waals surface area contributed by atoms with Gasteiger partial charge in [0.1, 0.15) is 18.0 Å². The first kappa shape index (κ1) is 19.5. The summed E-state index contributed by atoms with van der Waals surface area (Å²) in [4.78, 5) is 23.0. The van der Waals surface area contributed by atoms with Crippen molar-refractivity contribution in [3.8, 4) is 0 Å². The van der Waals surface area contributed by atoms with Crippen molar-refractivity contribution < 1.29 is 4.39 Å². The lowest BCUT2D eigenvalue weighted by molar-refractivity contribution is 0.347. The van der Waals surface area contributed by atoms with E-state index < -0.39 is 0 Å². The molecule has 32 heavy (non-hydrogen) atoms. The Morgan fingerprint density at radius 3 is 2.75 bits per heavy atom. The van der Waals surface area contributed by atoms with Crippen molar-refractivity contribution in [2.75, 3.05) is 36.0 Å². The molecule has 6 rings (SSSR count). The van der Waals surface area contributed by atoms with Crippen LogP contribution < -0.4 is 15.2 Å². The lowest BCUT2D eigenvalue weighted by Crippen LogP contribution is -2.46. The molecule has 3 aliphatic heterocycles. The fourth-order valence-corrected chi connectivity index (χ4v) is 5.44. The highest BCUT2D eigenvalue weighted by atomic mass is 19.1. The second-order valence-corrected chi connectivity index (χ2v) is 9.08. The first-order chi connectivity index (χ1) is 15.7. The standard InChI is InChI=1S/C23H27FN8/c1-15-10-20(27-14-26-15)30-12-16-6-7-17(13-30)21(16)28-22-29-31-9-3-8-25-23(31)32(22)19-5-2-4-18(24)11-19/h2,4-5,10-11,14,16-17,21H,3,6-9,12-13H2,1H3,(H,28,29). The average molecular weight is 435 g/mol. The number of aryl methyl sites for hydroxylation is 1. The Balaban J connectivity index is 1.30. The lowest BCUT2D eigenvalue weighted by Gasteiger charge is -2.37. The van der Waals surface area contributed by atoms with Gasteiger partial charge in [0.2, 0.25) is 11.9 Å². The smallest absolute Gasteiger partial charge is 0.227 e. The lowest BCUT2D eigenvalue weighted by atomic mass is 9.92. The Morgan fingerprint density at radius 1 is 1.12 bits per heavy atom. The molecule has 2 bridgehead atoms. The molecule has 166 valence electrons. The van der Waals surface area contributed by atoms with Gasteiger partial charge in [0, 0.05) is 37.9 Å². The van der Waals surface area contributed by atoms with Crippen LogP contribution in [0.5, 0.6) is 0 Å². The van der Waals surface area contributed by atoms with Gasteiger partial charge in [-0.3, -0.25) is 15.4 Å². The maximum atomic E-state index is 14.0. The van der Waals surface area contributed by atoms with Crippen molar-refractivity contribution in [1.29, 1.82) is 0 Å². The second-order valence-electron chi connectivity index (χ2n) is 9.08. The van der Waals surface area contributed by atoms with Gasteiger partial charge in [-0.25, -0.2) is 24.3 Å². The highest BCUT2D eigenvalue weighted by Crippen LogP contribution is 2.40. The monoisotopic (exact) mass is 434 g/mol. The van der Waals surface area contributed by atoms with Crippen LogP contribution in [0.3, 0.4) is 0 Å². The minimum Gasteiger partial charge on any atom is -0.356 e. The van der Waals surface area contributed by atoms with Crippen LogP contribution >= 0.6 is 0 Å². The number of hydrogen-bond acceptors (Lipinski definition) is 6. The summed E-state index contributed by atoms with van der Waals surface area (Å²) in [6.07, 6.45) is 4.96. The summed E-state index contributed by atoms with van der Waals surface area (Å²) >= 11 is 0. The van der Waals surface area contributed by atoms with E-state index in [2.05, 4.69) is 26.4 Å². The summed E-state index contributed by atoms with van der Waals surface area (Å²) in [7, 11) is 0. The van der Waals surface area contributed by atoms with E-state index >= 15 is 0 Å². The molecule has 1 aromatic carbocycles. The van der Waals surface area contributed by atoms with Crippen molar-refractivity contribution in [2.24, 2.45) is 21.8 Å². The third-order valence-corrected chi connectivity index (χ3v) is 6.92. The van der Waals surface area contributed by atoms with E-state index in [4.69, 9.17) is 9.98 Å². The number of nitrogens with one attached hydrogen (secondary N) is 1. The molecular weight excluding hydrogens is 407 g/mol. The number of hydrazine groups is 1. The van der Waals surface area contributed by atoms with Gasteiger partial charge in [0.05, 0.1) is 11.7 Å². The van der Waals surface area contributed by atoms with Crippen LogP contribution in [-0.4, -0.2) is 59.1 Å².